The number of fused-ring (bicyclic) bond motifs is 1. The van der Waals surface area contributed by atoms with Crippen molar-refractivity contribution in [1.29, 1.82) is 5.26 Å². The monoisotopic (exact) mass is 591 g/mol. The van der Waals surface area contributed by atoms with Crippen molar-refractivity contribution >= 4 is 27.5 Å². The summed E-state index contributed by atoms with van der Waals surface area (Å²) in [6.45, 7) is -0.390. The van der Waals surface area contributed by atoms with Gasteiger partial charge < -0.3 is 15.5 Å². The van der Waals surface area contributed by atoms with E-state index in [9.17, 15) is 59.8 Å². The van der Waals surface area contributed by atoms with Gasteiger partial charge in [0.25, 0.3) is 11.5 Å². The maximum atomic E-state index is 13.1. The molecule has 0 spiro atoms. The van der Waals surface area contributed by atoms with Crippen LogP contribution in [-0.4, -0.2) is 53.6 Å². The summed E-state index contributed by atoms with van der Waals surface area (Å²) in [5.74, 6) is -1.44. The molecule has 1 aliphatic heterocycles. The fourth-order valence-electron chi connectivity index (χ4n) is 4.46. The molecule has 0 aromatic heterocycles. The molecular weight excluding hydrogens is 572 g/mol. The number of alkyl halides is 6. The van der Waals surface area contributed by atoms with E-state index in [0.29, 0.717) is 42.0 Å². The number of rotatable bonds is 6. The number of sulfone groups is 1. The highest BCUT2D eigenvalue weighted by atomic mass is 32.2. The molecule has 0 bridgehead atoms. The topological polar surface area (TPSA) is 148 Å². The number of nitrogens with zero attached hydrogens (tertiary/aromatic N) is 2. The zero-order valence-electron chi connectivity index (χ0n) is 20.0. The maximum Gasteiger partial charge on any atom is 0.430 e. The van der Waals surface area contributed by atoms with Crippen LogP contribution in [0.5, 0.6) is 0 Å². The van der Waals surface area contributed by atoms with Crippen molar-refractivity contribution in [3.05, 3.63) is 59.2 Å². The van der Waals surface area contributed by atoms with Gasteiger partial charge in [-0.15, -0.1) is 0 Å². The lowest BCUT2D eigenvalue weighted by atomic mass is 9.92. The number of nitriles is 1. The van der Waals surface area contributed by atoms with Crippen LogP contribution in [-0.2, 0) is 26.8 Å². The highest BCUT2D eigenvalue weighted by molar-refractivity contribution is 7.91. The summed E-state index contributed by atoms with van der Waals surface area (Å²) in [6, 6.07) is 6.04. The van der Waals surface area contributed by atoms with Gasteiger partial charge >= 0.3 is 18.4 Å². The van der Waals surface area contributed by atoms with Crippen LogP contribution in [0.25, 0.3) is 0 Å². The first kappa shape index (κ1) is 29.2. The molecule has 2 aliphatic rings. The quantitative estimate of drug-likeness (QED) is 0.426. The maximum absolute atomic E-state index is 13.1. The molecule has 1 fully saturated rings. The van der Waals surface area contributed by atoms with E-state index in [1.54, 1.807) is 0 Å². The number of halogens is 6. The van der Waals surface area contributed by atoms with Crippen molar-refractivity contribution in [3.8, 4) is 6.07 Å². The average molecular weight is 591 g/mol. The van der Waals surface area contributed by atoms with Crippen molar-refractivity contribution in [2.45, 2.75) is 48.3 Å². The van der Waals surface area contributed by atoms with Gasteiger partial charge in [0.1, 0.15) is 6.04 Å². The number of carboxylic acid groups (broad SMARTS) is 1. The number of amides is 2. The lowest BCUT2D eigenvalue weighted by molar-refractivity contribution is -0.376. The molecule has 16 heteroatoms. The molecule has 1 atom stereocenters. The Balaban J connectivity index is 1.60. The number of hydrogen-bond acceptors (Lipinski definition) is 6. The van der Waals surface area contributed by atoms with E-state index < -0.39 is 69.1 Å². The lowest BCUT2D eigenvalue weighted by Crippen LogP contribution is -2.53. The zero-order chi connectivity index (χ0) is 29.9. The Morgan fingerprint density at radius 1 is 1.05 bits per heavy atom. The molecule has 2 aromatic carbocycles. The minimum atomic E-state index is -6.11. The molecule has 2 amide bonds. The summed E-state index contributed by atoms with van der Waals surface area (Å²) in [5.41, 5.74) is -7.70. The Kier molecular flexibility index (Phi) is 6.83. The van der Waals surface area contributed by atoms with Crippen molar-refractivity contribution in [3.63, 3.8) is 0 Å². The Morgan fingerprint density at radius 3 is 2.10 bits per heavy atom. The van der Waals surface area contributed by atoms with Gasteiger partial charge in [-0.2, -0.15) is 31.6 Å². The molecule has 2 aromatic rings. The fraction of sp³-hybridized carbons (Fsp3) is 0.375. The largest absolute Gasteiger partial charge is 0.465 e. The molecule has 4 rings (SSSR count). The van der Waals surface area contributed by atoms with E-state index in [1.165, 1.54) is 12.1 Å². The Labute approximate surface area is 222 Å². The summed E-state index contributed by atoms with van der Waals surface area (Å²) >= 11 is 0. The van der Waals surface area contributed by atoms with Gasteiger partial charge in [-0.25, -0.2) is 13.2 Å². The first-order chi connectivity index (χ1) is 18.3. The number of aliphatic hydroxyl groups is 1. The summed E-state index contributed by atoms with van der Waals surface area (Å²) in [5, 5.41) is 30.6. The summed E-state index contributed by atoms with van der Waals surface area (Å²) in [7, 11) is -3.92. The second-order valence-corrected chi connectivity index (χ2v) is 11.6. The molecule has 3 N–H and O–H groups in total. The number of carbonyl (C=O) groups excluding carboxylic acids is 1. The smallest absolute Gasteiger partial charge is 0.430 e. The Bertz CT molecular complexity index is 1500. The van der Waals surface area contributed by atoms with Crippen LogP contribution >= 0.6 is 0 Å². The highest BCUT2D eigenvalue weighted by Gasteiger charge is 2.71. The van der Waals surface area contributed by atoms with Crippen LogP contribution < -0.4 is 5.32 Å². The van der Waals surface area contributed by atoms with Crippen LogP contribution in [0, 0.1) is 16.7 Å². The SMILES string of the molecule is N#CC1(CS(=O)(=O)c2ccc3c(c2)CN(C(=O)O)C3C(=O)Nc2ccc(C(O)(C(F)(F)F)C(F)(F)F)cc2)CC1. The van der Waals surface area contributed by atoms with Gasteiger partial charge in [-0.1, -0.05) is 18.2 Å². The Hall–Kier alpha value is -3.84. The van der Waals surface area contributed by atoms with Crippen LogP contribution in [0.1, 0.15) is 35.6 Å². The predicted molar refractivity (Wildman–Crippen MR) is 123 cm³/mol. The van der Waals surface area contributed by atoms with Gasteiger partial charge in [0.05, 0.1) is 28.7 Å². The summed E-state index contributed by atoms with van der Waals surface area (Å²) in [6.07, 6.45) is -12.9. The van der Waals surface area contributed by atoms with Gasteiger partial charge in [0.15, 0.2) is 9.84 Å². The third-order valence-electron chi connectivity index (χ3n) is 6.86. The second-order valence-electron chi connectivity index (χ2n) is 9.60. The average Bonchev–Trinajstić information content (AvgIpc) is 3.50. The van der Waals surface area contributed by atoms with Crippen molar-refractivity contribution in [1.82, 2.24) is 4.90 Å². The molecule has 9 nitrogen and oxygen atoms in total. The van der Waals surface area contributed by atoms with Crippen LogP contribution in [0.15, 0.2) is 47.4 Å². The van der Waals surface area contributed by atoms with Crippen molar-refractivity contribution < 1.29 is 54.6 Å². The van der Waals surface area contributed by atoms with Crippen molar-refractivity contribution in [2.75, 3.05) is 11.1 Å². The fourth-order valence-corrected chi connectivity index (χ4v) is 6.31. The van der Waals surface area contributed by atoms with E-state index in [2.05, 4.69) is 5.32 Å². The lowest BCUT2D eigenvalue weighted by Gasteiger charge is -2.32. The first-order valence-corrected chi connectivity index (χ1v) is 13.0. The van der Waals surface area contributed by atoms with E-state index >= 15 is 0 Å². The molecule has 1 aliphatic carbocycles. The molecule has 1 unspecified atom stereocenters. The van der Waals surface area contributed by atoms with Gasteiger partial charge in [0.2, 0.25) is 0 Å². The van der Waals surface area contributed by atoms with Crippen molar-refractivity contribution in [2.24, 2.45) is 5.41 Å². The molecule has 214 valence electrons. The molecule has 0 radical (unpaired) electrons. The molecule has 1 heterocycles. The third-order valence-corrected chi connectivity index (χ3v) is 8.77. The predicted octanol–water partition coefficient (Wildman–Crippen LogP) is 4.25. The van der Waals surface area contributed by atoms with E-state index in [0.717, 1.165) is 6.07 Å². The van der Waals surface area contributed by atoms with Gasteiger partial charge in [0, 0.05) is 11.3 Å². The minimum absolute atomic E-state index is 0.111. The highest BCUT2D eigenvalue weighted by Crippen LogP contribution is 2.50. The molecule has 1 saturated carbocycles. The number of hydrogen-bond donors (Lipinski definition) is 3. The van der Waals surface area contributed by atoms with E-state index in [-0.39, 0.29) is 21.7 Å². The Morgan fingerprint density at radius 2 is 1.62 bits per heavy atom. The summed E-state index contributed by atoms with van der Waals surface area (Å²) in [4.78, 5) is 25.4. The first-order valence-electron chi connectivity index (χ1n) is 11.4. The number of nitrogens with one attached hydrogen (secondary N) is 1. The molecule has 40 heavy (non-hydrogen) atoms. The van der Waals surface area contributed by atoms with Gasteiger partial charge in [-0.3, -0.25) is 9.69 Å². The normalized spacial score (nSPS) is 18.6. The van der Waals surface area contributed by atoms with Gasteiger partial charge in [-0.05, 0) is 48.2 Å². The standard InChI is InChI=1S/C24H19F6N3O6S/c25-23(26,27)22(37,24(28,29)30)14-1-3-15(4-2-14)32-19(34)18-17-6-5-16(9-13(17)10-33(18)20(35)36)40(38,39)12-21(11-31)7-8-21/h1-6,9,18,37H,7-8,10,12H2,(H,32,34)(H,35,36). The van der Waals surface area contributed by atoms with E-state index in [4.69, 9.17) is 0 Å². The summed E-state index contributed by atoms with van der Waals surface area (Å²) < 4.78 is 104. The molecule has 0 saturated heterocycles. The van der Waals surface area contributed by atoms with E-state index in [1.807, 2.05) is 6.07 Å². The number of benzene rings is 2. The third kappa shape index (κ3) is 4.94. The number of anilines is 1. The number of carbonyl (C=O) groups is 2. The van der Waals surface area contributed by atoms with Crippen LogP contribution in [0.3, 0.4) is 0 Å². The minimum Gasteiger partial charge on any atom is -0.465 e. The van der Waals surface area contributed by atoms with Crippen LogP contribution in [0.2, 0.25) is 0 Å². The molecular formula is C24H19F6N3O6S. The zero-order valence-corrected chi connectivity index (χ0v) is 20.9. The van der Waals surface area contributed by atoms with Crippen LogP contribution in [0.4, 0.5) is 36.8 Å². The second kappa shape index (κ2) is 9.37.